The average Bonchev–Trinajstić information content (AvgIpc) is 3.04. The molecule has 0 spiro atoms. The molecule has 0 radical (unpaired) electrons. The monoisotopic (exact) mass is 330 g/mol. The van der Waals surface area contributed by atoms with E-state index in [0.717, 1.165) is 4.68 Å². The fraction of sp³-hybridized carbons (Fsp3) is 0.500. The highest BCUT2D eigenvalue weighted by Gasteiger charge is 2.40. The molecule has 0 saturated heterocycles. The number of ether oxygens (including phenoxy) is 1. The van der Waals surface area contributed by atoms with Gasteiger partial charge in [0.1, 0.15) is 12.9 Å². The molecule has 3 heterocycles. The van der Waals surface area contributed by atoms with E-state index in [1.165, 1.54) is 10.9 Å². The van der Waals surface area contributed by atoms with Crippen LogP contribution in [0.2, 0.25) is 0 Å². The van der Waals surface area contributed by atoms with Gasteiger partial charge in [-0.2, -0.15) is 18.3 Å². The standard InChI is InChI=1S/C12H13F3N6O2/c1-20-6-16-18-11(20)17-9(22)4-21-8-2-3-23-5-7(8)10(19-21)12(13,14)15/h6H,2-5H2,1H3,(H,17,18,22). The summed E-state index contributed by atoms with van der Waals surface area (Å²) < 4.78 is 46.7. The van der Waals surface area contributed by atoms with E-state index >= 15 is 0 Å². The minimum Gasteiger partial charge on any atom is -0.376 e. The molecular weight excluding hydrogens is 317 g/mol. The van der Waals surface area contributed by atoms with Gasteiger partial charge in [-0.3, -0.25) is 14.8 Å². The van der Waals surface area contributed by atoms with E-state index in [-0.39, 0.29) is 31.1 Å². The van der Waals surface area contributed by atoms with Gasteiger partial charge in [0.05, 0.1) is 13.2 Å². The molecular formula is C12H13F3N6O2. The predicted octanol–water partition coefficient (Wildman–Crippen LogP) is 0.742. The summed E-state index contributed by atoms with van der Waals surface area (Å²) in [7, 11) is 1.63. The molecule has 2 aromatic rings. The Morgan fingerprint density at radius 3 is 2.91 bits per heavy atom. The van der Waals surface area contributed by atoms with E-state index in [0.29, 0.717) is 12.3 Å². The SMILES string of the molecule is Cn1cnnc1NC(=O)Cn1nc(C(F)(F)F)c2c1CCOC2. The first-order chi connectivity index (χ1) is 10.9. The normalized spacial score (nSPS) is 14.6. The molecule has 1 amide bonds. The maximum atomic E-state index is 13.0. The molecule has 0 aromatic carbocycles. The Labute approximate surface area is 128 Å². The lowest BCUT2D eigenvalue weighted by atomic mass is 10.1. The summed E-state index contributed by atoms with van der Waals surface area (Å²) in [6.45, 7) is -0.207. The summed E-state index contributed by atoms with van der Waals surface area (Å²) in [6.07, 6.45) is -2.92. The van der Waals surface area contributed by atoms with Crippen LogP contribution in [0.3, 0.4) is 0 Å². The van der Waals surface area contributed by atoms with Crippen LogP contribution in [0.4, 0.5) is 19.1 Å². The highest BCUT2D eigenvalue weighted by Crippen LogP contribution is 2.34. The molecule has 1 N–H and O–H groups in total. The first kappa shape index (κ1) is 15.5. The number of hydrogen-bond acceptors (Lipinski definition) is 5. The largest absolute Gasteiger partial charge is 0.435 e. The fourth-order valence-corrected chi connectivity index (χ4v) is 2.36. The molecule has 8 nitrogen and oxygen atoms in total. The van der Waals surface area contributed by atoms with Crippen LogP contribution in [-0.4, -0.2) is 37.1 Å². The Morgan fingerprint density at radius 1 is 1.48 bits per heavy atom. The lowest BCUT2D eigenvalue weighted by molar-refractivity contribution is -0.143. The number of halogens is 3. The molecule has 23 heavy (non-hydrogen) atoms. The minimum absolute atomic E-state index is 0.00444. The highest BCUT2D eigenvalue weighted by molar-refractivity contribution is 5.88. The molecule has 0 atom stereocenters. The van der Waals surface area contributed by atoms with E-state index in [1.54, 1.807) is 7.05 Å². The van der Waals surface area contributed by atoms with Crippen molar-refractivity contribution in [3.63, 3.8) is 0 Å². The van der Waals surface area contributed by atoms with Gasteiger partial charge in [0.15, 0.2) is 5.69 Å². The number of amides is 1. The molecule has 124 valence electrons. The van der Waals surface area contributed by atoms with Crippen molar-refractivity contribution in [2.24, 2.45) is 7.05 Å². The van der Waals surface area contributed by atoms with Gasteiger partial charge >= 0.3 is 6.18 Å². The smallest absolute Gasteiger partial charge is 0.376 e. The molecule has 2 aromatic heterocycles. The highest BCUT2D eigenvalue weighted by atomic mass is 19.4. The number of alkyl halides is 3. The number of fused-ring (bicyclic) bond motifs is 1. The summed E-state index contributed by atoms with van der Waals surface area (Å²) in [5.74, 6) is -0.331. The number of aryl methyl sites for hydroxylation is 1. The lowest BCUT2D eigenvalue weighted by Gasteiger charge is -2.15. The van der Waals surface area contributed by atoms with Crippen LogP contribution in [0.5, 0.6) is 0 Å². The lowest BCUT2D eigenvalue weighted by Crippen LogP contribution is -2.23. The Balaban J connectivity index is 1.84. The molecule has 3 rings (SSSR count). The second kappa shape index (κ2) is 5.65. The average molecular weight is 330 g/mol. The number of nitrogens with zero attached hydrogens (tertiary/aromatic N) is 5. The van der Waals surface area contributed by atoms with E-state index < -0.39 is 17.8 Å². The van der Waals surface area contributed by atoms with Gasteiger partial charge in [0, 0.05) is 24.7 Å². The predicted molar refractivity (Wildman–Crippen MR) is 70.2 cm³/mol. The van der Waals surface area contributed by atoms with Gasteiger partial charge in [-0.15, -0.1) is 10.2 Å². The fourth-order valence-electron chi connectivity index (χ4n) is 2.36. The maximum absolute atomic E-state index is 13.0. The van der Waals surface area contributed by atoms with Crippen LogP contribution in [-0.2, 0) is 42.3 Å². The molecule has 0 bridgehead atoms. The second-order valence-electron chi connectivity index (χ2n) is 5.05. The molecule has 0 saturated carbocycles. The zero-order chi connectivity index (χ0) is 16.6. The van der Waals surface area contributed by atoms with Crippen molar-refractivity contribution in [1.29, 1.82) is 0 Å². The Morgan fingerprint density at radius 2 is 2.26 bits per heavy atom. The van der Waals surface area contributed by atoms with E-state index in [2.05, 4.69) is 20.6 Å². The minimum atomic E-state index is -4.59. The molecule has 1 aliphatic heterocycles. The summed E-state index contributed by atoms with van der Waals surface area (Å²) >= 11 is 0. The van der Waals surface area contributed by atoms with Crippen molar-refractivity contribution in [2.75, 3.05) is 11.9 Å². The van der Waals surface area contributed by atoms with Crippen molar-refractivity contribution >= 4 is 11.9 Å². The number of nitrogens with one attached hydrogen (secondary N) is 1. The van der Waals surface area contributed by atoms with Crippen molar-refractivity contribution in [1.82, 2.24) is 24.5 Å². The van der Waals surface area contributed by atoms with E-state index in [1.807, 2.05) is 0 Å². The first-order valence-corrected chi connectivity index (χ1v) is 6.73. The van der Waals surface area contributed by atoms with Crippen molar-refractivity contribution in [3.8, 4) is 0 Å². The summed E-state index contributed by atoms with van der Waals surface area (Å²) in [5, 5.41) is 13.3. The topological polar surface area (TPSA) is 86.9 Å². The number of carbonyl (C=O) groups is 1. The van der Waals surface area contributed by atoms with Crippen molar-refractivity contribution < 1.29 is 22.7 Å². The molecule has 0 fully saturated rings. The third kappa shape index (κ3) is 3.04. The third-order valence-electron chi connectivity index (χ3n) is 3.42. The van der Waals surface area contributed by atoms with Crippen LogP contribution >= 0.6 is 0 Å². The van der Waals surface area contributed by atoms with E-state index in [4.69, 9.17) is 4.74 Å². The molecule has 11 heteroatoms. The Hall–Kier alpha value is -2.43. The molecule has 0 aliphatic carbocycles. The van der Waals surface area contributed by atoms with Crippen molar-refractivity contribution in [3.05, 3.63) is 23.3 Å². The van der Waals surface area contributed by atoms with Gasteiger partial charge in [0.2, 0.25) is 11.9 Å². The quantitative estimate of drug-likeness (QED) is 0.897. The number of aromatic nitrogens is 5. The maximum Gasteiger partial charge on any atom is 0.435 e. The van der Waals surface area contributed by atoms with Gasteiger partial charge < -0.3 is 9.30 Å². The molecule has 0 unspecified atom stereocenters. The number of carbonyl (C=O) groups excluding carboxylic acids is 1. The van der Waals surface area contributed by atoms with Crippen LogP contribution in [0.15, 0.2) is 6.33 Å². The molecule has 1 aliphatic rings. The summed E-state index contributed by atoms with van der Waals surface area (Å²) in [5.41, 5.74) is -0.634. The first-order valence-electron chi connectivity index (χ1n) is 6.73. The number of hydrogen-bond donors (Lipinski definition) is 1. The van der Waals surface area contributed by atoms with Gasteiger partial charge in [0.25, 0.3) is 0 Å². The Bertz CT molecular complexity index is 736. The third-order valence-corrected chi connectivity index (χ3v) is 3.42. The zero-order valence-electron chi connectivity index (χ0n) is 12.1. The van der Waals surface area contributed by atoms with Crippen LogP contribution in [0.1, 0.15) is 17.0 Å². The second-order valence-corrected chi connectivity index (χ2v) is 5.05. The summed E-state index contributed by atoms with van der Waals surface area (Å²) in [4.78, 5) is 12.0. The Kier molecular flexibility index (Phi) is 3.80. The number of rotatable bonds is 3. The zero-order valence-corrected chi connectivity index (χ0v) is 12.1. The number of anilines is 1. The van der Waals surface area contributed by atoms with Gasteiger partial charge in [-0.25, -0.2) is 0 Å². The van der Waals surface area contributed by atoms with E-state index in [9.17, 15) is 18.0 Å². The van der Waals surface area contributed by atoms with Crippen LogP contribution < -0.4 is 5.32 Å². The van der Waals surface area contributed by atoms with Crippen LogP contribution in [0.25, 0.3) is 0 Å². The van der Waals surface area contributed by atoms with Gasteiger partial charge in [-0.1, -0.05) is 0 Å². The van der Waals surface area contributed by atoms with Gasteiger partial charge in [-0.05, 0) is 0 Å². The van der Waals surface area contributed by atoms with Crippen molar-refractivity contribution in [2.45, 2.75) is 25.7 Å². The summed E-state index contributed by atoms with van der Waals surface area (Å²) in [6, 6.07) is 0. The van der Waals surface area contributed by atoms with Crippen LogP contribution in [0, 0.1) is 0 Å².